The molecule has 0 saturated carbocycles. The third kappa shape index (κ3) is 2.52. The third-order valence-corrected chi connectivity index (χ3v) is 4.29. The molecule has 1 N–H and O–H groups in total. The van der Waals surface area contributed by atoms with E-state index in [1.807, 2.05) is 32.8 Å². The number of amides is 1. The smallest absolute Gasteiger partial charge is 0.257 e. The van der Waals surface area contributed by atoms with Crippen molar-refractivity contribution in [3.05, 3.63) is 17.0 Å². The minimum absolute atomic E-state index is 0.129. The second-order valence-corrected chi connectivity index (χ2v) is 5.58. The molecule has 1 fully saturated rings. The molecule has 2 atom stereocenters. The van der Waals surface area contributed by atoms with Crippen LogP contribution in [0.4, 0.5) is 0 Å². The molecule has 2 heterocycles. The predicted molar refractivity (Wildman–Crippen MR) is 75.2 cm³/mol. The summed E-state index contributed by atoms with van der Waals surface area (Å²) in [4.78, 5) is 14.6. The van der Waals surface area contributed by atoms with Gasteiger partial charge in [-0.2, -0.15) is 5.10 Å². The Balaban J connectivity index is 2.17. The summed E-state index contributed by atoms with van der Waals surface area (Å²) in [5.74, 6) is 0.615. The van der Waals surface area contributed by atoms with E-state index in [1.54, 1.807) is 4.68 Å². The Bertz CT molecular complexity index is 480. The topological polar surface area (TPSA) is 50.2 Å². The fourth-order valence-electron chi connectivity index (χ4n) is 3.00. The third-order valence-electron chi connectivity index (χ3n) is 4.29. The largest absolute Gasteiger partial charge is 0.338 e. The van der Waals surface area contributed by atoms with E-state index in [4.69, 9.17) is 0 Å². The number of piperidine rings is 1. The highest BCUT2D eigenvalue weighted by atomic mass is 16.2. The molecule has 2 rings (SSSR count). The first-order valence-electron chi connectivity index (χ1n) is 6.92. The van der Waals surface area contributed by atoms with Gasteiger partial charge in [-0.05, 0) is 33.2 Å². The van der Waals surface area contributed by atoms with Gasteiger partial charge in [-0.15, -0.1) is 0 Å². The number of carbonyl (C=O) groups is 1. The van der Waals surface area contributed by atoms with Crippen molar-refractivity contribution in [2.45, 2.75) is 33.2 Å². The summed E-state index contributed by atoms with van der Waals surface area (Å²) < 4.78 is 1.78. The van der Waals surface area contributed by atoms with Crippen LogP contribution in [0.25, 0.3) is 0 Å². The Morgan fingerprint density at radius 2 is 2.11 bits per heavy atom. The summed E-state index contributed by atoms with van der Waals surface area (Å²) in [6.45, 7) is 7.70. The lowest BCUT2D eigenvalue weighted by Crippen LogP contribution is -2.49. The van der Waals surface area contributed by atoms with Gasteiger partial charge in [0, 0.05) is 31.9 Å². The molecule has 1 saturated heterocycles. The highest BCUT2D eigenvalue weighted by molar-refractivity contribution is 5.96. The van der Waals surface area contributed by atoms with Gasteiger partial charge >= 0.3 is 0 Å². The minimum atomic E-state index is 0.129. The van der Waals surface area contributed by atoms with Crippen LogP contribution < -0.4 is 5.32 Å². The Labute approximate surface area is 115 Å². The van der Waals surface area contributed by atoms with Crippen LogP contribution in [0.15, 0.2) is 0 Å². The number of aryl methyl sites for hydroxylation is 2. The first-order valence-corrected chi connectivity index (χ1v) is 6.92. The quantitative estimate of drug-likeness (QED) is 0.870. The van der Waals surface area contributed by atoms with Crippen LogP contribution in [0, 0.1) is 19.8 Å². The summed E-state index contributed by atoms with van der Waals surface area (Å²) in [5, 5.41) is 7.66. The number of hydrogen-bond acceptors (Lipinski definition) is 3. The zero-order valence-corrected chi connectivity index (χ0v) is 12.5. The molecule has 1 aromatic heterocycles. The lowest BCUT2D eigenvalue weighted by Gasteiger charge is -2.36. The average Bonchev–Trinajstić information content (AvgIpc) is 2.62. The van der Waals surface area contributed by atoms with E-state index in [0.29, 0.717) is 12.0 Å². The minimum Gasteiger partial charge on any atom is -0.338 e. The van der Waals surface area contributed by atoms with Crippen molar-refractivity contribution in [3.63, 3.8) is 0 Å². The van der Waals surface area contributed by atoms with Crippen molar-refractivity contribution in [1.82, 2.24) is 20.0 Å². The Morgan fingerprint density at radius 3 is 2.58 bits per heavy atom. The molecule has 1 aromatic rings. The van der Waals surface area contributed by atoms with Gasteiger partial charge in [0.05, 0.1) is 11.3 Å². The van der Waals surface area contributed by atoms with E-state index in [1.165, 1.54) is 0 Å². The SMILES string of the molecule is CNC1CCN(C(=O)c2c(C)nn(C)c2C)CC1C. The predicted octanol–water partition coefficient (Wildman–Crippen LogP) is 1.11. The number of rotatable bonds is 2. The van der Waals surface area contributed by atoms with Crippen LogP contribution >= 0.6 is 0 Å². The fourth-order valence-corrected chi connectivity index (χ4v) is 3.00. The summed E-state index contributed by atoms with van der Waals surface area (Å²) in [6, 6.07) is 0.514. The Kier molecular flexibility index (Phi) is 3.94. The first kappa shape index (κ1) is 14.1. The highest BCUT2D eigenvalue weighted by Crippen LogP contribution is 2.21. The second-order valence-electron chi connectivity index (χ2n) is 5.58. The molecule has 0 aromatic carbocycles. The van der Waals surface area contributed by atoms with E-state index in [9.17, 15) is 4.79 Å². The number of hydrogen-bond donors (Lipinski definition) is 1. The molecule has 0 aliphatic carbocycles. The van der Waals surface area contributed by atoms with Gasteiger partial charge in [-0.3, -0.25) is 9.48 Å². The van der Waals surface area contributed by atoms with E-state index in [2.05, 4.69) is 17.3 Å². The normalized spacial score (nSPS) is 23.7. The maximum absolute atomic E-state index is 12.6. The van der Waals surface area contributed by atoms with E-state index in [-0.39, 0.29) is 5.91 Å². The van der Waals surface area contributed by atoms with Gasteiger partial charge in [0.1, 0.15) is 0 Å². The molecule has 0 bridgehead atoms. The molecule has 0 spiro atoms. The lowest BCUT2D eigenvalue weighted by molar-refractivity contribution is 0.0647. The highest BCUT2D eigenvalue weighted by Gasteiger charge is 2.30. The average molecular weight is 264 g/mol. The van der Waals surface area contributed by atoms with Crippen molar-refractivity contribution >= 4 is 5.91 Å². The van der Waals surface area contributed by atoms with E-state index < -0.39 is 0 Å². The van der Waals surface area contributed by atoms with Crippen LogP contribution in [0.2, 0.25) is 0 Å². The van der Waals surface area contributed by atoms with Crippen molar-refractivity contribution in [2.75, 3.05) is 20.1 Å². The molecule has 106 valence electrons. The molecule has 2 unspecified atom stereocenters. The molecule has 1 aliphatic rings. The zero-order chi connectivity index (χ0) is 14.2. The summed E-state index contributed by atoms with van der Waals surface area (Å²) in [5.41, 5.74) is 2.55. The maximum Gasteiger partial charge on any atom is 0.257 e. The number of aromatic nitrogens is 2. The summed E-state index contributed by atoms with van der Waals surface area (Å²) >= 11 is 0. The molecule has 1 aliphatic heterocycles. The molecule has 0 radical (unpaired) electrons. The number of nitrogens with zero attached hydrogens (tertiary/aromatic N) is 3. The van der Waals surface area contributed by atoms with Crippen molar-refractivity contribution in [3.8, 4) is 0 Å². The van der Waals surface area contributed by atoms with Crippen LogP contribution in [-0.4, -0.2) is 46.8 Å². The first-order chi connectivity index (χ1) is 8.95. The maximum atomic E-state index is 12.6. The van der Waals surface area contributed by atoms with Gasteiger partial charge in [-0.1, -0.05) is 6.92 Å². The van der Waals surface area contributed by atoms with Gasteiger partial charge in [-0.25, -0.2) is 0 Å². The Morgan fingerprint density at radius 1 is 1.42 bits per heavy atom. The molecule has 19 heavy (non-hydrogen) atoms. The number of likely N-dealkylation sites (tertiary alicyclic amines) is 1. The lowest BCUT2D eigenvalue weighted by atomic mass is 9.93. The van der Waals surface area contributed by atoms with Crippen LogP contribution in [-0.2, 0) is 7.05 Å². The fraction of sp³-hybridized carbons (Fsp3) is 0.714. The van der Waals surface area contributed by atoms with Crippen LogP contribution in [0.1, 0.15) is 35.1 Å². The van der Waals surface area contributed by atoms with Gasteiger partial charge in [0.15, 0.2) is 0 Å². The van der Waals surface area contributed by atoms with Gasteiger partial charge in [0.25, 0.3) is 5.91 Å². The van der Waals surface area contributed by atoms with Gasteiger partial charge in [0.2, 0.25) is 0 Å². The molecule has 5 heteroatoms. The monoisotopic (exact) mass is 264 g/mol. The van der Waals surface area contributed by atoms with E-state index in [0.717, 1.165) is 36.5 Å². The van der Waals surface area contributed by atoms with Crippen molar-refractivity contribution in [1.29, 1.82) is 0 Å². The van der Waals surface area contributed by atoms with Crippen LogP contribution in [0.5, 0.6) is 0 Å². The number of nitrogens with one attached hydrogen (secondary N) is 1. The molecular formula is C14H24N4O. The zero-order valence-electron chi connectivity index (χ0n) is 12.5. The Hall–Kier alpha value is -1.36. The van der Waals surface area contributed by atoms with Gasteiger partial charge < -0.3 is 10.2 Å². The van der Waals surface area contributed by atoms with Crippen molar-refractivity contribution in [2.24, 2.45) is 13.0 Å². The van der Waals surface area contributed by atoms with Crippen molar-refractivity contribution < 1.29 is 4.79 Å². The summed E-state index contributed by atoms with van der Waals surface area (Å²) in [6.07, 6.45) is 1.02. The molecular weight excluding hydrogens is 240 g/mol. The standard InChI is InChI=1S/C14H24N4O/c1-9-8-18(7-6-12(9)15-4)14(19)13-10(2)16-17(5)11(13)3/h9,12,15H,6-8H2,1-5H3. The summed E-state index contributed by atoms with van der Waals surface area (Å²) in [7, 11) is 3.88. The van der Waals surface area contributed by atoms with E-state index >= 15 is 0 Å². The van der Waals surface area contributed by atoms with Crippen LogP contribution in [0.3, 0.4) is 0 Å². The molecule has 1 amide bonds. The molecule has 5 nitrogen and oxygen atoms in total. The number of carbonyl (C=O) groups excluding carboxylic acids is 1. The second kappa shape index (κ2) is 5.33.